The lowest BCUT2D eigenvalue weighted by Gasteiger charge is -2.29. The molecule has 0 saturated heterocycles. The van der Waals surface area contributed by atoms with Gasteiger partial charge in [0.15, 0.2) is 0 Å². The molecule has 1 atom stereocenters. The van der Waals surface area contributed by atoms with Crippen molar-refractivity contribution in [2.75, 3.05) is 7.11 Å². The second kappa shape index (κ2) is 6.50. The largest absolute Gasteiger partial charge is 0.469 e. The van der Waals surface area contributed by atoms with E-state index in [9.17, 15) is 9.18 Å². The molecule has 0 fully saturated rings. The van der Waals surface area contributed by atoms with Crippen molar-refractivity contribution in [3.8, 4) is 0 Å². The molecule has 0 saturated carbocycles. The van der Waals surface area contributed by atoms with Gasteiger partial charge in [-0.25, -0.2) is 4.39 Å². The van der Waals surface area contributed by atoms with Gasteiger partial charge in [-0.15, -0.1) is 12.4 Å². The highest BCUT2D eigenvalue weighted by atomic mass is 79.9. The minimum absolute atomic E-state index is 0. The van der Waals surface area contributed by atoms with Gasteiger partial charge in [0.1, 0.15) is 5.82 Å². The van der Waals surface area contributed by atoms with Crippen molar-refractivity contribution in [2.24, 2.45) is 11.1 Å². The number of nitrogens with two attached hydrogens (primary N) is 1. The second-order valence-corrected chi connectivity index (χ2v) is 5.19. The third-order valence-electron chi connectivity index (χ3n) is 2.81. The quantitative estimate of drug-likeness (QED) is 0.860. The van der Waals surface area contributed by atoms with E-state index in [2.05, 4.69) is 20.7 Å². The summed E-state index contributed by atoms with van der Waals surface area (Å²) in [5.41, 5.74) is 5.25. The lowest BCUT2D eigenvalue weighted by molar-refractivity contribution is -0.152. The first kappa shape index (κ1) is 17.4. The number of benzene rings is 1. The number of esters is 1. The summed E-state index contributed by atoms with van der Waals surface area (Å²) in [6, 6.07) is 4.05. The van der Waals surface area contributed by atoms with Gasteiger partial charge in [0.05, 0.1) is 17.0 Å². The smallest absolute Gasteiger partial charge is 0.313 e. The van der Waals surface area contributed by atoms with Gasteiger partial charge in [-0.2, -0.15) is 0 Å². The molecule has 2 N–H and O–H groups in total. The number of hydrogen-bond donors (Lipinski definition) is 1. The normalized spacial score (nSPS) is 12.6. The van der Waals surface area contributed by atoms with Gasteiger partial charge in [-0.3, -0.25) is 4.79 Å². The predicted molar refractivity (Wildman–Crippen MR) is 74.1 cm³/mol. The lowest BCUT2D eigenvalue weighted by Crippen LogP contribution is -2.37. The van der Waals surface area contributed by atoms with Crippen molar-refractivity contribution >= 4 is 34.3 Å². The maximum atomic E-state index is 13.9. The molecular weight excluding hydrogens is 324 g/mol. The minimum atomic E-state index is -0.990. The van der Waals surface area contributed by atoms with Crippen LogP contribution in [0.4, 0.5) is 4.39 Å². The Morgan fingerprint density at radius 3 is 2.56 bits per heavy atom. The van der Waals surface area contributed by atoms with Crippen molar-refractivity contribution in [2.45, 2.75) is 19.9 Å². The zero-order valence-corrected chi connectivity index (χ0v) is 12.8. The van der Waals surface area contributed by atoms with Crippen LogP contribution in [0.25, 0.3) is 0 Å². The zero-order chi connectivity index (χ0) is 13.2. The Morgan fingerprint density at radius 2 is 2.06 bits per heavy atom. The molecule has 3 nitrogen and oxygen atoms in total. The van der Waals surface area contributed by atoms with Crippen LogP contribution in [0.5, 0.6) is 0 Å². The number of halogens is 3. The van der Waals surface area contributed by atoms with E-state index in [1.54, 1.807) is 32.0 Å². The number of rotatable bonds is 3. The number of methoxy groups -OCH3 is 1. The monoisotopic (exact) mass is 339 g/mol. The molecule has 0 bridgehead atoms. The molecule has 1 aromatic rings. The average Bonchev–Trinajstić information content (AvgIpc) is 2.30. The Morgan fingerprint density at radius 1 is 1.50 bits per heavy atom. The van der Waals surface area contributed by atoms with Gasteiger partial charge < -0.3 is 10.5 Å². The number of carbonyl (C=O) groups is 1. The molecule has 0 radical (unpaired) electrons. The van der Waals surface area contributed by atoms with Crippen LogP contribution >= 0.6 is 28.3 Å². The maximum absolute atomic E-state index is 13.9. The molecule has 102 valence electrons. The Kier molecular flexibility index (Phi) is 6.26. The maximum Gasteiger partial charge on any atom is 0.313 e. The summed E-state index contributed by atoms with van der Waals surface area (Å²) in [6.07, 6.45) is 0. The highest BCUT2D eigenvalue weighted by Gasteiger charge is 2.38. The summed E-state index contributed by atoms with van der Waals surface area (Å²) in [5.74, 6) is -0.915. The van der Waals surface area contributed by atoms with Gasteiger partial charge in [0, 0.05) is 11.6 Å². The van der Waals surface area contributed by atoms with Crippen LogP contribution in [0.1, 0.15) is 25.5 Å². The van der Waals surface area contributed by atoms with Crippen LogP contribution < -0.4 is 5.73 Å². The lowest BCUT2D eigenvalue weighted by atomic mass is 9.81. The first-order valence-corrected chi connectivity index (χ1v) is 5.89. The minimum Gasteiger partial charge on any atom is -0.469 e. The molecule has 0 aliphatic rings. The highest BCUT2D eigenvalue weighted by Crippen LogP contribution is 2.35. The van der Waals surface area contributed by atoms with E-state index in [1.807, 2.05) is 0 Å². The Hall–Kier alpha value is -0.650. The molecule has 0 unspecified atom stereocenters. The highest BCUT2D eigenvalue weighted by molar-refractivity contribution is 9.10. The first-order chi connectivity index (χ1) is 7.82. The summed E-state index contributed by atoms with van der Waals surface area (Å²) in [4.78, 5) is 11.6. The molecule has 0 aliphatic heterocycles. The van der Waals surface area contributed by atoms with Crippen molar-refractivity contribution in [3.63, 3.8) is 0 Å². The van der Waals surface area contributed by atoms with Crippen LogP contribution in [0.3, 0.4) is 0 Å². The second-order valence-electron chi connectivity index (χ2n) is 4.33. The zero-order valence-electron chi connectivity index (χ0n) is 10.4. The molecule has 18 heavy (non-hydrogen) atoms. The summed E-state index contributed by atoms with van der Waals surface area (Å²) >= 11 is 3.09. The first-order valence-electron chi connectivity index (χ1n) is 5.10. The molecule has 1 aromatic carbocycles. The van der Waals surface area contributed by atoms with Crippen LogP contribution in [0.15, 0.2) is 22.7 Å². The molecule has 0 aromatic heterocycles. The van der Waals surface area contributed by atoms with Crippen molar-refractivity contribution < 1.29 is 13.9 Å². The van der Waals surface area contributed by atoms with Gasteiger partial charge in [-0.05, 0) is 35.8 Å². The fourth-order valence-electron chi connectivity index (χ4n) is 1.54. The molecule has 0 amide bonds. The van der Waals surface area contributed by atoms with E-state index in [-0.39, 0.29) is 18.0 Å². The summed E-state index contributed by atoms with van der Waals surface area (Å²) in [6.45, 7) is 3.26. The van der Waals surface area contributed by atoms with E-state index in [4.69, 9.17) is 5.73 Å². The fraction of sp³-hybridized carbons (Fsp3) is 0.417. The molecule has 0 spiro atoms. The Balaban J connectivity index is 0.00000289. The summed E-state index contributed by atoms with van der Waals surface area (Å²) < 4.78 is 18.9. The van der Waals surface area contributed by atoms with Crippen LogP contribution in [0.2, 0.25) is 0 Å². The molecular formula is C12H16BrClFNO2. The van der Waals surface area contributed by atoms with Gasteiger partial charge in [0.2, 0.25) is 0 Å². The summed E-state index contributed by atoms with van der Waals surface area (Å²) in [7, 11) is 1.29. The van der Waals surface area contributed by atoms with E-state index in [0.29, 0.717) is 4.47 Å². The predicted octanol–water partition coefficient (Wildman–Crippen LogP) is 3.21. The molecule has 6 heteroatoms. The van der Waals surface area contributed by atoms with Gasteiger partial charge >= 0.3 is 5.97 Å². The van der Waals surface area contributed by atoms with Crippen LogP contribution in [0, 0.1) is 11.2 Å². The standard InChI is InChI=1S/C12H15BrFNO2.ClH/c1-12(2,11(16)17-3)10(15)7-5-4-6-8(13)9(7)14;/h4-6,10H,15H2,1-3H3;1H/t10-;/m0./s1. The van der Waals surface area contributed by atoms with E-state index in [1.165, 1.54) is 7.11 Å². The summed E-state index contributed by atoms with van der Waals surface area (Å²) in [5, 5.41) is 0. The SMILES string of the molecule is COC(=O)C(C)(C)[C@@H](N)c1cccc(Br)c1F.Cl. The van der Waals surface area contributed by atoms with E-state index in [0.717, 1.165) is 0 Å². The van der Waals surface area contributed by atoms with Gasteiger partial charge in [0.25, 0.3) is 0 Å². The van der Waals surface area contributed by atoms with Crippen molar-refractivity contribution in [1.29, 1.82) is 0 Å². The van der Waals surface area contributed by atoms with Crippen LogP contribution in [-0.4, -0.2) is 13.1 Å². The topological polar surface area (TPSA) is 52.3 Å². The van der Waals surface area contributed by atoms with Crippen molar-refractivity contribution in [1.82, 2.24) is 0 Å². The Labute approximate surface area is 120 Å². The fourth-order valence-corrected chi connectivity index (χ4v) is 1.92. The number of carbonyl (C=O) groups excluding carboxylic acids is 1. The van der Waals surface area contributed by atoms with Crippen molar-refractivity contribution in [3.05, 3.63) is 34.1 Å². The third kappa shape index (κ3) is 3.22. The Bertz CT molecular complexity index is 440. The van der Waals surface area contributed by atoms with Gasteiger partial charge in [-0.1, -0.05) is 12.1 Å². The number of hydrogen-bond acceptors (Lipinski definition) is 3. The third-order valence-corrected chi connectivity index (χ3v) is 3.42. The van der Waals surface area contributed by atoms with E-state index < -0.39 is 23.2 Å². The molecule has 0 heterocycles. The van der Waals surface area contributed by atoms with Crippen LogP contribution in [-0.2, 0) is 9.53 Å². The average molecular weight is 341 g/mol. The molecule has 1 rings (SSSR count). The van der Waals surface area contributed by atoms with E-state index >= 15 is 0 Å². The number of ether oxygens (including phenoxy) is 1. The molecule has 0 aliphatic carbocycles.